The van der Waals surface area contributed by atoms with E-state index in [0.29, 0.717) is 65.8 Å². The highest BCUT2D eigenvalue weighted by atomic mass is 32.2. The van der Waals surface area contributed by atoms with Gasteiger partial charge in [-0.3, -0.25) is 38.6 Å². The molecule has 24 heteroatoms. The van der Waals surface area contributed by atoms with Gasteiger partial charge in [-0.1, -0.05) is 46.2 Å². The maximum atomic E-state index is 15.5. The fraction of sp³-hybridized carbons (Fsp3) is 0.474. The number of halogens is 1. The van der Waals surface area contributed by atoms with E-state index in [1.807, 2.05) is 4.90 Å². The summed E-state index contributed by atoms with van der Waals surface area (Å²) in [5.74, 6) is -5.58. The number of nitrogens with one attached hydrogen (secondary N) is 4. The number of anilines is 1. The van der Waals surface area contributed by atoms with E-state index in [1.54, 1.807) is 52.8 Å². The topological polar surface area (TPSA) is 286 Å². The molecule has 432 valence electrons. The van der Waals surface area contributed by atoms with Crippen molar-refractivity contribution in [2.24, 2.45) is 5.92 Å². The molecule has 1 aromatic heterocycles. The molecular weight excluding hydrogens is 1070 g/mol. The first-order chi connectivity index (χ1) is 38.4. The largest absolute Gasteiger partial charge is 0.444 e. The van der Waals surface area contributed by atoms with Crippen molar-refractivity contribution in [3.8, 4) is 0 Å². The third-order valence-corrected chi connectivity index (χ3v) is 16.2. The minimum Gasteiger partial charge on any atom is -0.444 e. The number of fused-ring (bicyclic) bond motifs is 4. The molecule has 0 fully saturated rings. The number of unbranched alkanes of at least 4 members (excludes halogenated alkanes) is 2. The number of amides is 7. The van der Waals surface area contributed by atoms with Crippen LogP contribution in [-0.4, -0.2) is 138 Å². The average molecular weight is 1140 g/mol. The molecule has 5 heterocycles. The molecule has 22 nitrogen and oxygen atoms in total. The summed E-state index contributed by atoms with van der Waals surface area (Å²) < 4.78 is 57.7. The Morgan fingerprint density at radius 2 is 1.65 bits per heavy atom. The number of cyclic esters (lactones) is 2. The first kappa shape index (κ1) is 59.3. The summed E-state index contributed by atoms with van der Waals surface area (Å²) >= 11 is 0. The molecule has 0 saturated heterocycles. The first-order valence-corrected chi connectivity index (χ1v) is 29.2. The average Bonchev–Trinajstić information content (AvgIpc) is 4.04. The number of pyridine rings is 1. The van der Waals surface area contributed by atoms with Crippen LogP contribution in [0.3, 0.4) is 0 Å². The third kappa shape index (κ3) is 12.9. The predicted octanol–water partition coefficient (Wildman–Crippen LogP) is 4.62. The predicted molar refractivity (Wildman–Crippen MR) is 292 cm³/mol. The monoisotopic (exact) mass is 1140 g/mol. The van der Waals surface area contributed by atoms with Gasteiger partial charge in [-0.25, -0.2) is 32.2 Å². The Balaban J connectivity index is 0.905. The van der Waals surface area contributed by atoms with E-state index in [4.69, 9.17) is 19.2 Å². The Labute approximate surface area is 468 Å². The summed E-state index contributed by atoms with van der Waals surface area (Å²) in [6.45, 7) is 9.16. The van der Waals surface area contributed by atoms with Crippen molar-refractivity contribution in [2.75, 3.05) is 43.7 Å². The van der Waals surface area contributed by atoms with Crippen molar-refractivity contribution in [3.05, 3.63) is 99.0 Å². The molecule has 8 rings (SSSR count). The zero-order chi connectivity index (χ0) is 58.7. The van der Waals surface area contributed by atoms with Crippen LogP contribution in [0.4, 0.5) is 14.9 Å². The van der Waals surface area contributed by atoms with Crippen molar-refractivity contribution in [1.82, 2.24) is 35.6 Å². The minimum absolute atomic E-state index is 0.0339. The number of ether oxygens (including phenoxy) is 3. The highest BCUT2D eigenvalue weighted by Crippen LogP contribution is 2.49. The Hall–Kier alpha value is -7.86. The van der Waals surface area contributed by atoms with E-state index in [0.717, 1.165) is 38.1 Å². The van der Waals surface area contributed by atoms with Crippen molar-refractivity contribution in [1.29, 1.82) is 0 Å². The standard InChI is InChI=1S/C57H67FN8O14S/c1-8-44(67)61-41-19-18-36-32(5)40(58)26-42-48(36)49(41)38-28-65-27-37-39(25-43(65)51(38)62-42)57(9-2,55(74)80-54(37)73)79-30-64(23-24-81(7,76)77)56(75)78-29-34-14-16-35(17-15-34)60-52(71)33(6)59-53(72)50(31(3)4)63-45(68)13-11-10-12-22-66-46(69)20-21-47(66)70/h14-17,20-21,25-26,31,33,41,50H,8-13,18-19,22-24,27-30H2,1-7H3,(H,59,72)(H,60,71)(H,61,67)(H,63,68)/t33-,41+,50-,57+/m0/s1. The van der Waals surface area contributed by atoms with Crippen LogP contribution in [0.25, 0.3) is 16.6 Å². The van der Waals surface area contributed by atoms with E-state index >= 15 is 4.39 Å². The molecule has 3 aromatic rings. The smallest absolute Gasteiger partial charge is 0.411 e. The Kier molecular flexibility index (Phi) is 17.9. The van der Waals surface area contributed by atoms with E-state index in [-0.39, 0.29) is 86.2 Å². The van der Waals surface area contributed by atoms with Gasteiger partial charge >= 0.3 is 18.0 Å². The molecule has 4 N–H and O–H groups in total. The lowest BCUT2D eigenvalue weighted by molar-refractivity contribution is -0.180. The number of aryl methyl sites for hydroxylation is 1. The Morgan fingerprint density at radius 3 is 2.32 bits per heavy atom. The molecular formula is C57H67FN8O14S. The van der Waals surface area contributed by atoms with Crippen molar-refractivity contribution in [2.45, 2.75) is 130 Å². The summed E-state index contributed by atoms with van der Waals surface area (Å²) in [5.41, 5.74) is 3.39. The van der Waals surface area contributed by atoms with Crippen LogP contribution >= 0.6 is 0 Å². The van der Waals surface area contributed by atoms with Crippen LogP contribution < -0.4 is 21.3 Å². The quantitative estimate of drug-likeness (QED) is 0.0331. The minimum atomic E-state index is -3.66. The number of aromatic nitrogens is 1. The number of esters is 2. The number of carbonyl (C=O) groups is 9. The molecule has 0 radical (unpaired) electrons. The molecule has 0 bridgehead atoms. The van der Waals surface area contributed by atoms with Crippen LogP contribution in [0.2, 0.25) is 0 Å². The molecule has 1 aliphatic carbocycles. The van der Waals surface area contributed by atoms with Crippen LogP contribution in [0.5, 0.6) is 0 Å². The second kappa shape index (κ2) is 24.5. The van der Waals surface area contributed by atoms with Crippen molar-refractivity contribution >= 4 is 85.6 Å². The van der Waals surface area contributed by atoms with Crippen LogP contribution in [0.1, 0.15) is 119 Å². The molecule has 81 heavy (non-hydrogen) atoms. The van der Waals surface area contributed by atoms with Crippen LogP contribution in [0.15, 0.2) is 59.7 Å². The van der Waals surface area contributed by atoms with Gasteiger partial charge in [-0.2, -0.15) is 0 Å². The number of hydrogen-bond donors (Lipinski definition) is 4. The Morgan fingerprint density at radius 1 is 0.938 bits per heavy atom. The van der Waals surface area contributed by atoms with Gasteiger partial charge in [0, 0.05) is 79.2 Å². The summed E-state index contributed by atoms with van der Waals surface area (Å²) in [5, 5.41) is 12.0. The highest BCUT2D eigenvalue weighted by Gasteiger charge is 2.53. The normalized spacial score (nSPS) is 18.9. The molecule has 2 aromatic carbocycles. The van der Waals surface area contributed by atoms with E-state index in [1.165, 1.54) is 37.3 Å². The summed E-state index contributed by atoms with van der Waals surface area (Å²) in [6.07, 6.45) is 6.92. The van der Waals surface area contributed by atoms with E-state index in [9.17, 15) is 51.6 Å². The molecule has 5 aliphatic rings. The number of carbonyl (C=O) groups excluding carboxylic acids is 9. The molecule has 0 spiro atoms. The van der Waals surface area contributed by atoms with E-state index < -0.39 is 88.3 Å². The van der Waals surface area contributed by atoms with Crippen molar-refractivity contribution in [3.63, 3.8) is 0 Å². The number of nitrogens with zero attached hydrogens (tertiary/aromatic N) is 4. The molecule has 7 amide bonds. The highest BCUT2D eigenvalue weighted by molar-refractivity contribution is 7.90. The van der Waals surface area contributed by atoms with Gasteiger partial charge in [0.1, 0.15) is 41.1 Å². The lowest BCUT2D eigenvalue weighted by Gasteiger charge is -2.40. The second-order valence-electron chi connectivity index (χ2n) is 21.3. The van der Waals surface area contributed by atoms with Crippen LogP contribution in [-0.2, 0) is 82.0 Å². The van der Waals surface area contributed by atoms with Crippen LogP contribution in [0, 0.1) is 18.7 Å². The van der Waals surface area contributed by atoms with Gasteiger partial charge < -0.3 is 40.4 Å². The molecule has 0 saturated carbocycles. The lowest BCUT2D eigenvalue weighted by atomic mass is 9.81. The van der Waals surface area contributed by atoms with Gasteiger partial charge in [0.05, 0.1) is 40.8 Å². The summed E-state index contributed by atoms with van der Waals surface area (Å²) in [7, 11) is -3.66. The maximum absolute atomic E-state index is 15.5. The first-order valence-electron chi connectivity index (χ1n) is 27.1. The number of imide groups is 1. The molecule has 0 unspecified atom stereocenters. The SMILES string of the molecule is CCC(=O)N[C@@H]1CCc2c(C)c(F)cc3nc4c(c1c23)CN1CC2=C(C=C41)[C@@](CC)(OCN(CCS(C)(=O)=O)C(=O)OCc1ccc(NC(=O)[C@H](C)NC(=O)[C@@H](NC(=O)CCCCCN3C(=O)C=CC3=O)C(C)C)cc1)C(=O)OC2=O. The van der Waals surface area contributed by atoms with Gasteiger partial charge in [-0.05, 0) is 92.3 Å². The van der Waals surface area contributed by atoms with Gasteiger partial charge in [0.25, 0.3) is 11.8 Å². The van der Waals surface area contributed by atoms with Gasteiger partial charge in [0.15, 0.2) is 5.60 Å². The number of hydrogen-bond acceptors (Lipinski definition) is 16. The number of sulfone groups is 1. The van der Waals surface area contributed by atoms with Gasteiger partial charge in [0.2, 0.25) is 23.6 Å². The van der Waals surface area contributed by atoms with Crippen molar-refractivity contribution < 1.29 is 70.2 Å². The lowest BCUT2D eigenvalue weighted by Crippen LogP contribution is -2.53. The zero-order valence-electron chi connectivity index (χ0n) is 46.3. The third-order valence-electron chi connectivity index (χ3n) is 15.3. The summed E-state index contributed by atoms with van der Waals surface area (Å²) in [6, 6.07) is 5.22. The Bertz CT molecular complexity index is 3300. The van der Waals surface area contributed by atoms with E-state index in [2.05, 4.69) is 21.3 Å². The fourth-order valence-electron chi connectivity index (χ4n) is 10.6. The molecule has 4 aliphatic heterocycles. The number of benzene rings is 2. The maximum Gasteiger partial charge on any atom is 0.411 e. The zero-order valence-corrected chi connectivity index (χ0v) is 47.1. The second-order valence-corrected chi connectivity index (χ2v) is 23.5. The fourth-order valence-corrected chi connectivity index (χ4v) is 11.2. The van der Waals surface area contributed by atoms with Gasteiger partial charge in [-0.15, -0.1) is 0 Å². The summed E-state index contributed by atoms with van der Waals surface area (Å²) in [4.78, 5) is 126. The molecule has 4 atom stereocenters. The number of rotatable bonds is 23.